The Morgan fingerprint density at radius 2 is 1.22 bits per heavy atom. The van der Waals surface area contributed by atoms with E-state index in [1.165, 1.54) is 18.4 Å². The minimum absolute atomic E-state index is 0.174. The first-order valence-electron chi connectivity index (χ1n) is 11.1. The van der Waals surface area contributed by atoms with Crippen LogP contribution in [0, 0.1) is 33.5 Å². The first-order chi connectivity index (χ1) is 12.1. The van der Waals surface area contributed by atoms with E-state index in [4.69, 9.17) is 0 Å². The second-order valence-corrected chi connectivity index (χ2v) is 12.1. The van der Waals surface area contributed by atoms with Gasteiger partial charge in [-0.3, -0.25) is 0 Å². The van der Waals surface area contributed by atoms with Crippen molar-refractivity contribution in [1.82, 2.24) is 0 Å². The Morgan fingerprint density at radius 1 is 0.741 bits per heavy atom. The zero-order chi connectivity index (χ0) is 21.3. The molecule has 0 bridgehead atoms. The molecule has 0 spiro atoms. The van der Waals surface area contributed by atoms with Crippen molar-refractivity contribution in [2.45, 2.75) is 102 Å². The van der Waals surface area contributed by atoms with Gasteiger partial charge >= 0.3 is 0 Å². The molecule has 27 heavy (non-hydrogen) atoms. The van der Waals surface area contributed by atoms with Crippen molar-refractivity contribution < 1.29 is 0 Å². The molecule has 1 aromatic rings. The van der Waals surface area contributed by atoms with E-state index in [0.717, 1.165) is 5.92 Å². The third kappa shape index (κ3) is 4.99. The second-order valence-electron chi connectivity index (χ2n) is 12.1. The predicted octanol–water partition coefficient (Wildman–Crippen LogP) is 8.97. The van der Waals surface area contributed by atoms with E-state index in [2.05, 4.69) is 113 Å². The zero-order valence-corrected chi connectivity index (χ0v) is 20.5. The highest BCUT2D eigenvalue weighted by Gasteiger charge is 2.54. The van der Waals surface area contributed by atoms with Crippen LogP contribution in [0.5, 0.6) is 0 Å². The average molecular weight is 373 g/mol. The highest BCUT2D eigenvalue weighted by Crippen LogP contribution is 2.62. The molecule has 0 saturated carbocycles. The Kier molecular flexibility index (Phi) is 7.46. The van der Waals surface area contributed by atoms with Gasteiger partial charge in [-0.2, -0.15) is 0 Å². The summed E-state index contributed by atoms with van der Waals surface area (Å²) in [6.07, 6.45) is 2.46. The van der Waals surface area contributed by atoms with Crippen LogP contribution in [0.2, 0.25) is 0 Å². The standard InChI is InChI=1S/C27H48/c1-13-22(20(2)3)25(7,8)27(11,12)26(9,10)23(19-24(4,5)6)21-17-15-14-16-18-21/h14-18,20,22-23H,13,19H2,1-12H3. The van der Waals surface area contributed by atoms with Gasteiger partial charge in [0.05, 0.1) is 0 Å². The minimum atomic E-state index is 0.174. The Bertz CT molecular complexity index is 566. The molecular formula is C27H48. The van der Waals surface area contributed by atoms with Crippen molar-refractivity contribution in [2.75, 3.05) is 0 Å². The van der Waals surface area contributed by atoms with Crippen LogP contribution < -0.4 is 0 Å². The number of hydrogen-bond acceptors (Lipinski definition) is 0. The number of rotatable bonds is 8. The van der Waals surface area contributed by atoms with Crippen LogP contribution in [0.25, 0.3) is 0 Å². The topological polar surface area (TPSA) is 0 Å². The molecule has 1 rings (SSSR count). The molecule has 0 heteroatoms. The predicted molar refractivity (Wildman–Crippen MR) is 123 cm³/mol. The summed E-state index contributed by atoms with van der Waals surface area (Å²) in [6, 6.07) is 11.3. The van der Waals surface area contributed by atoms with E-state index in [1.54, 1.807) is 0 Å². The second kappa shape index (κ2) is 8.30. The fourth-order valence-corrected chi connectivity index (χ4v) is 5.63. The van der Waals surface area contributed by atoms with Gasteiger partial charge in [-0.05, 0) is 51.4 Å². The van der Waals surface area contributed by atoms with Gasteiger partial charge in [0.2, 0.25) is 0 Å². The summed E-state index contributed by atoms with van der Waals surface area (Å²) in [5.41, 5.74) is 2.42. The maximum absolute atomic E-state index is 2.54. The maximum atomic E-state index is 2.54. The highest BCUT2D eigenvalue weighted by atomic mass is 14.6. The minimum Gasteiger partial charge on any atom is -0.0651 e. The van der Waals surface area contributed by atoms with Gasteiger partial charge in [0.1, 0.15) is 0 Å². The smallest absolute Gasteiger partial charge is 0.0100 e. The lowest BCUT2D eigenvalue weighted by molar-refractivity contribution is -0.0889. The van der Waals surface area contributed by atoms with E-state index in [-0.39, 0.29) is 16.2 Å². The van der Waals surface area contributed by atoms with Gasteiger partial charge in [-0.1, -0.05) is 120 Å². The lowest BCUT2D eigenvalue weighted by Crippen LogP contribution is -2.52. The Hall–Kier alpha value is -0.780. The zero-order valence-electron chi connectivity index (χ0n) is 20.5. The van der Waals surface area contributed by atoms with E-state index in [0.29, 0.717) is 17.3 Å². The normalized spacial score (nSPS) is 16.5. The number of hydrogen-bond donors (Lipinski definition) is 0. The van der Waals surface area contributed by atoms with Gasteiger partial charge in [0, 0.05) is 0 Å². The Labute approximate surface area is 171 Å². The van der Waals surface area contributed by atoms with E-state index < -0.39 is 0 Å². The fourth-order valence-electron chi connectivity index (χ4n) is 5.63. The van der Waals surface area contributed by atoms with Crippen molar-refractivity contribution in [3.63, 3.8) is 0 Å². The molecule has 156 valence electrons. The van der Waals surface area contributed by atoms with Crippen LogP contribution in [0.4, 0.5) is 0 Å². The molecule has 0 N–H and O–H groups in total. The summed E-state index contributed by atoms with van der Waals surface area (Å²) in [5, 5.41) is 0. The molecular weight excluding hydrogens is 324 g/mol. The molecule has 2 unspecified atom stereocenters. The third-order valence-electron chi connectivity index (χ3n) is 8.28. The summed E-state index contributed by atoms with van der Waals surface area (Å²) in [4.78, 5) is 0. The molecule has 0 amide bonds. The van der Waals surface area contributed by atoms with Gasteiger partial charge in [-0.25, -0.2) is 0 Å². The average Bonchev–Trinajstić information content (AvgIpc) is 2.52. The summed E-state index contributed by atoms with van der Waals surface area (Å²) in [5.74, 6) is 1.97. The van der Waals surface area contributed by atoms with Gasteiger partial charge < -0.3 is 0 Å². The molecule has 0 aliphatic rings. The van der Waals surface area contributed by atoms with Crippen molar-refractivity contribution in [1.29, 1.82) is 0 Å². The molecule has 0 radical (unpaired) electrons. The monoisotopic (exact) mass is 372 g/mol. The van der Waals surface area contributed by atoms with Crippen LogP contribution in [0.1, 0.15) is 107 Å². The van der Waals surface area contributed by atoms with Crippen molar-refractivity contribution in [3.05, 3.63) is 35.9 Å². The Morgan fingerprint density at radius 3 is 1.59 bits per heavy atom. The Balaban J connectivity index is 3.50. The fraction of sp³-hybridized carbons (Fsp3) is 0.778. The summed E-state index contributed by atoms with van der Waals surface area (Å²) >= 11 is 0. The summed E-state index contributed by atoms with van der Waals surface area (Å²) in [7, 11) is 0. The molecule has 0 nitrogen and oxygen atoms in total. The molecule has 0 aromatic heterocycles. The third-order valence-corrected chi connectivity index (χ3v) is 8.28. The largest absolute Gasteiger partial charge is 0.0651 e. The molecule has 1 aromatic carbocycles. The molecule has 2 atom stereocenters. The summed E-state index contributed by atoms with van der Waals surface area (Å²) < 4.78 is 0. The van der Waals surface area contributed by atoms with E-state index in [9.17, 15) is 0 Å². The van der Waals surface area contributed by atoms with E-state index in [1.807, 2.05) is 0 Å². The van der Waals surface area contributed by atoms with Crippen LogP contribution in [-0.2, 0) is 0 Å². The van der Waals surface area contributed by atoms with Gasteiger partial charge in [0.15, 0.2) is 0 Å². The van der Waals surface area contributed by atoms with Crippen LogP contribution in [0.3, 0.4) is 0 Å². The first-order valence-corrected chi connectivity index (χ1v) is 11.1. The van der Waals surface area contributed by atoms with Crippen molar-refractivity contribution in [2.24, 2.45) is 33.5 Å². The lowest BCUT2D eigenvalue weighted by Gasteiger charge is -2.59. The molecule has 0 fully saturated rings. The molecule has 0 heterocycles. The SMILES string of the molecule is CCC(C(C)C)C(C)(C)C(C)(C)C(C)(C)C(CC(C)(C)C)c1ccccc1. The van der Waals surface area contributed by atoms with Crippen LogP contribution in [0.15, 0.2) is 30.3 Å². The van der Waals surface area contributed by atoms with Crippen molar-refractivity contribution >= 4 is 0 Å². The quantitative estimate of drug-likeness (QED) is 0.427. The van der Waals surface area contributed by atoms with E-state index >= 15 is 0 Å². The molecule has 0 aliphatic heterocycles. The molecule has 0 saturated heterocycles. The maximum Gasteiger partial charge on any atom is -0.0100 e. The summed E-state index contributed by atoms with van der Waals surface area (Å²) in [6.45, 7) is 29.6. The van der Waals surface area contributed by atoms with Gasteiger partial charge in [-0.15, -0.1) is 0 Å². The lowest BCUT2D eigenvalue weighted by atomic mass is 9.45. The van der Waals surface area contributed by atoms with Crippen LogP contribution in [-0.4, -0.2) is 0 Å². The number of benzene rings is 1. The molecule has 0 aliphatic carbocycles. The van der Waals surface area contributed by atoms with Gasteiger partial charge in [0.25, 0.3) is 0 Å². The van der Waals surface area contributed by atoms with Crippen LogP contribution >= 0.6 is 0 Å². The van der Waals surface area contributed by atoms with Crippen molar-refractivity contribution in [3.8, 4) is 0 Å². The highest BCUT2D eigenvalue weighted by molar-refractivity contribution is 5.24. The first kappa shape index (κ1) is 24.3.